The van der Waals surface area contributed by atoms with Crippen LogP contribution in [0.5, 0.6) is 0 Å². The molecule has 0 saturated heterocycles. The zero-order valence-electron chi connectivity index (χ0n) is 9.24. The van der Waals surface area contributed by atoms with E-state index >= 15 is 0 Å². The summed E-state index contributed by atoms with van der Waals surface area (Å²) >= 11 is 1.79. The normalized spacial score (nSPS) is 12.9. The highest BCUT2D eigenvalue weighted by Crippen LogP contribution is 2.12. The predicted octanol–water partition coefficient (Wildman–Crippen LogP) is 1.94. The maximum absolute atomic E-state index is 5.47. The molecule has 3 nitrogen and oxygen atoms in total. The molecular formula is C11H20N2OS. The molecule has 86 valence electrons. The maximum atomic E-state index is 5.47. The molecule has 0 spiro atoms. The van der Waals surface area contributed by atoms with Gasteiger partial charge in [0.15, 0.2) is 0 Å². The lowest BCUT2D eigenvalue weighted by Gasteiger charge is -2.15. The second-order valence-electron chi connectivity index (χ2n) is 3.56. The van der Waals surface area contributed by atoms with E-state index in [1.807, 2.05) is 0 Å². The van der Waals surface area contributed by atoms with Gasteiger partial charge < -0.3 is 4.74 Å². The summed E-state index contributed by atoms with van der Waals surface area (Å²) in [5.41, 5.74) is 2.80. The summed E-state index contributed by atoms with van der Waals surface area (Å²) in [6.07, 6.45) is 3.16. The average Bonchev–Trinajstić information content (AvgIpc) is 2.76. The van der Waals surface area contributed by atoms with Crippen LogP contribution in [0, 0.1) is 0 Å². The number of thiophene rings is 1. The van der Waals surface area contributed by atoms with Crippen molar-refractivity contribution in [1.29, 1.82) is 0 Å². The first-order valence-electron chi connectivity index (χ1n) is 5.43. The van der Waals surface area contributed by atoms with Crippen LogP contribution in [0.25, 0.3) is 0 Å². The van der Waals surface area contributed by atoms with Crippen LogP contribution in [0.15, 0.2) is 17.5 Å². The van der Waals surface area contributed by atoms with E-state index in [0.717, 1.165) is 25.9 Å². The van der Waals surface area contributed by atoms with Crippen LogP contribution in [0.4, 0.5) is 0 Å². The fourth-order valence-electron chi connectivity index (χ4n) is 1.36. The third-order valence-electron chi connectivity index (χ3n) is 2.22. The molecule has 3 N–H and O–H groups in total. The maximum Gasteiger partial charge on any atom is 0.0633 e. The number of hydrogen-bond donors (Lipinski definition) is 2. The Bertz CT molecular complexity index is 239. The van der Waals surface area contributed by atoms with Crippen LogP contribution in [0.3, 0.4) is 0 Å². The smallest absolute Gasteiger partial charge is 0.0633 e. The van der Waals surface area contributed by atoms with Gasteiger partial charge in [-0.15, -0.1) is 11.3 Å². The molecule has 15 heavy (non-hydrogen) atoms. The van der Waals surface area contributed by atoms with Gasteiger partial charge in [0, 0.05) is 17.5 Å². The SMILES string of the molecule is CCCOCC(CCc1cccs1)NN. The van der Waals surface area contributed by atoms with Crippen LogP contribution in [-0.4, -0.2) is 19.3 Å². The van der Waals surface area contributed by atoms with E-state index in [2.05, 4.69) is 29.9 Å². The lowest BCUT2D eigenvalue weighted by atomic mass is 10.1. The number of aryl methyl sites for hydroxylation is 1. The molecule has 1 aromatic rings. The Labute approximate surface area is 95.6 Å². The van der Waals surface area contributed by atoms with Gasteiger partial charge in [0.25, 0.3) is 0 Å². The molecule has 1 heterocycles. The summed E-state index contributed by atoms with van der Waals surface area (Å²) in [4.78, 5) is 1.41. The lowest BCUT2D eigenvalue weighted by molar-refractivity contribution is 0.109. The molecular weight excluding hydrogens is 208 g/mol. The van der Waals surface area contributed by atoms with E-state index in [0.29, 0.717) is 6.61 Å². The van der Waals surface area contributed by atoms with Gasteiger partial charge >= 0.3 is 0 Å². The highest BCUT2D eigenvalue weighted by Gasteiger charge is 2.06. The van der Waals surface area contributed by atoms with E-state index < -0.39 is 0 Å². The number of nitrogens with two attached hydrogens (primary N) is 1. The topological polar surface area (TPSA) is 47.3 Å². The van der Waals surface area contributed by atoms with Gasteiger partial charge in [0.1, 0.15) is 0 Å². The third-order valence-corrected chi connectivity index (χ3v) is 3.16. The Kier molecular flexibility index (Phi) is 6.59. The summed E-state index contributed by atoms with van der Waals surface area (Å²) in [5, 5.41) is 2.10. The second-order valence-corrected chi connectivity index (χ2v) is 4.59. The first-order chi connectivity index (χ1) is 7.36. The van der Waals surface area contributed by atoms with Crippen molar-refractivity contribution in [1.82, 2.24) is 5.43 Å². The van der Waals surface area contributed by atoms with Gasteiger partial charge in [-0.2, -0.15) is 0 Å². The Morgan fingerprint density at radius 3 is 3.07 bits per heavy atom. The van der Waals surface area contributed by atoms with Crippen LogP contribution in [-0.2, 0) is 11.2 Å². The molecule has 0 aliphatic rings. The number of nitrogens with one attached hydrogen (secondary N) is 1. The Morgan fingerprint density at radius 1 is 1.60 bits per heavy atom. The number of rotatable bonds is 8. The van der Waals surface area contributed by atoms with Crippen molar-refractivity contribution in [2.24, 2.45) is 5.84 Å². The highest BCUT2D eigenvalue weighted by molar-refractivity contribution is 7.09. The lowest BCUT2D eigenvalue weighted by Crippen LogP contribution is -2.39. The molecule has 0 fully saturated rings. The molecule has 1 atom stereocenters. The number of hydrazine groups is 1. The molecule has 1 rings (SSSR count). The van der Waals surface area contributed by atoms with Crippen molar-refractivity contribution in [2.45, 2.75) is 32.2 Å². The van der Waals surface area contributed by atoms with E-state index in [-0.39, 0.29) is 6.04 Å². The molecule has 0 radical (unpaired) electrons. The van der Waals surface area contributed by atoms with Gasteiger partial charge in [-0.3, -0.25) is 11.3 Å². The van der Waals surface area contributed by atoms with E-state index in [4.69, 9.17) is 10.6 Å². The van der Waals surface area contributed by atoms with Crippen LogP contribution >= 0.6 is 11.3 Å². The van der Waals surface area contributed by atoms with Gasteiger partial charge in [-0.05, 0) is 30.7 Å². The zero-order valence-corrected chi connectivity index (χ0v) is 10.1. The van der Waals surface area contributed by atoms with E-state index in [1.165, 1.54) is 4.88 Å². The number of hydrogen-bond acceptors (Lipinski definition) is 4. The molecule has 0 aromatic carbocycles. The first kappa shape index (κ1) is 12.6. The predicted molar refractivity (Wildman–Crippen MR) is 64.9 cm³/mol. The molecule has 0 amide bonds. The number of ether oxygens (including phenoxy) is 1. The van der Waals surface area contributed by atoms with Gasteiger partial charge in [0.2, 0.25) is 0 Å². The summed E-state index contributed by atoms with van der Waals surface area (Å²) in [6.45, 7) is 3.63. The molecule has 0 saturated carbocycles. The van der Waals surface area contributed by atoms with Crippen molar-refractivity contribution in [3.63, 3.8) is 0 Å². The first-order valence-corrected chi connectivity index (χ1v) is 6.31. The average molecular weight is 228 g/mol. The standard InChI is InChI=1S/C11H20N2OS/c1-2-7-14-9-10(13-12)5-6-11-4-3-8-15-11/h3-4,8,10,13H,2,5-7,9,12H2,1H3. The van der Waals surface area contributed by atoms with Gasteiger partial charge in [-0.25, -0.2) is 0 Å². The second kappa shape index (κ2) is 7.82. The molecule has 0 aliphatic carbocycles. The van der Waals surface area contributed by atoms with E-state index in [9.17, 15) is 0 Å². The largest absolute Gasteiger partial charge is 0.380 e. The highest BCUT2D eigenvalue weighted by atomic mass is 32.1. The monoisotopic (exact) mass is 228 g/mol. The Hall–Kier alpha value is -0.420. The van der Waals surface area contributed by atoms with Gasteiger partial charge in [-0.1, -0.05) is 13.0 Å². The molecule has 1 aromatic heterocycles. The van der Waals surface area contributed by atoms with Crippen molar-refractivity contribution >= 4 is 11.3 Å². The zero-order chi connectivity index (χ0) is 10.9. The van der Waals surface area contributed by atoms with Gasteiger partial charge in [0.05, 0.1) is 6.61 Å². The van der Waals surface area contributed by atoms with E-state index in [1.54, 1.807) is 11.3 Å². The fourth-order valence-corrected chi connectivity index (χ4v) is 2.08. The fraction of sp³-hybridized carbons (Fsp3) is 0.636. The third kappa shape index (κ3) is 5.28. The minimum Gasteiger partial charge on any atom is -0.380 e. The quantitative estimate of drug-likeness (QED) is 0.406. The summed E-state index contributed by atoms with van der Waals surface area (Å²) in [5.74, 6) is 5.47. The van der Waals surface area contributed by atoms with Crippen molar-refractivity contribution in [3.05, 3.63) is 22.4 Å². The minimum atomic E-state index is 0.263. The van der Waals surface area contributed by atoms with Crippen molar-refractivity contribution < 1.29 is 4.74 Å². The Morgan fingerprint density at radius 2 is 2.47 bits per heavy atom. The Balaban J connectivity index is 2.16. The molecule has 4 heteroatoms. The molecule has 1 unspecified atom stereocenters. The van der Waals surface area contributed by atoms with Crippen LogP contribution in [0.2, 0.25) is 0 Å². The molecule has 0 bridgehead atoms. The van der Waals surface area contributed by atoms with Crippen LogP contribution < -0.4 is 11.3 Å². The summed E-state index contributed by atoms with van der Waals surface area (Å²) in [6, 6.07) is 4.50. The summed E-state index contributed by atoms with van der Waals surface area (Å²) in [7, 11) is 0. The van der Waals surface area contributed by atoms with Crippen molar-refractivity contribution in [3.8, 4) is 0 Å². The van der Waals surface area contributed by atoms with Crippen molar-refractivity contribution in [2.75, 3.05) is 13.2 Å². The minimum absolute atomic E-state index is 0.263. The van der Waals surface area contributed by atoms with Crippen LogP contribution in [0.1, 0.15) is 24.6 Å². The summed E-state index contributed by atoms with van der Waals surface area (Å²) < 4.78 is 5.47. The molecule has 0 aliphatic heterocycles.